The molecule has 20 heavy (non-hydrogen) atoms. The first kappa shape index (κ1) is 15.2. The van der Waals surface area contributed by atoms with Crippen LogP contribution in [0.25, 0.3) is 10.2 Å². The molecule has 110 valence electrons. The highest BCUT2D eigenvalue weighted by molar-refractivity contribution is 7.16. The third kappa shape index (κ3) is 4.15. The summed E-state index contributed by atoms with van der Waals surface area (Å²) < 4.78 is 5.68. The van der Waals surface area contributed by atoms with Gasteiger partial charge in [0.2, 0.25) is 0 Å². The number of nitrogens with zero attached hydrogens (tertiary/aromatic N) is 2. The van der Waals surface area contributed by atoms with Crippen molar-refractivity contribution in [1.29, 1.82) is 0 Å². The number of thiophene rings is 1. The van der Waals surface area contributed by atoms with Crippen LogP contribution in [0.3, 0.4) is 0 Å². The Bertz CT molecular complexity index is 527. The summed E-state index contributed by atoms with van der Waals surface area (Å²) in [4.78, 5) is 10.1. The van der Waals surface area contributed by atoms with Crippen LogP contribution in [0.4, 0.5) is 5.82 Å². The maximum absolute atomic E-state index is 5.68. The fourth-order valence-corrected chi connectivity index (χ4v) is 2.91. The Morgan fingerprint density at radius 3 is 2.85 bits per heavy atom. The summed E-state index contributed by atoms with van der Waals surface area (Å²) in [7, 11) is 1.89. The van der Waals surface area contributed by atoms with Crippen molar-refractivity contribution >= 4 is 27.4 Å². The summed E-state index contributed by atoms with van der Waals surface area (Å²) in [6, 6.07) is 2.05. The van der Waals surface area contributed by atoms with Crippen LogP contribution in [0.15, 0.2) is 11.4 Å². The molecule has 0 spiro atoms. The van der Waals surface area contributed by atoms with Crippen LogP contribution in [0.1, 0.15) is 44.9 Å². The number of hydrogen-bond acceptors (Lipinski definition) is 5. The number of nitrogens with one attached hydrogen (secondary N) is 1. The lowest BCUT2D eigenvalue weighted by molar-refractivity contribution is 0.112. The zero-order valence-corrected chi connectivity index (χ0v) is 13.1. The molecule has 0 unspecified atom stereocenters. The van der Waals surface area contributed by atoms with E-state index in [4.69, 9.17) is 4.74 Å². The molecule has 1 N–H and O–H groups in total. The minimum Gasteiger partial charge on any atom is -0.373 e. The zero-order valence-electron chi connectivity index (χ0n) is 12.3. The minimum atomic E-state index is 0.496. The van der Waals surface area contributed by atoms with E-state index in [1.165, 1.54) is 25.7 Å². The van der Waals surface area contributed by atoms with Crippen LogP contribution in [-0.2, 0) is 11.3 Å². The molecule has 0 fully saturated rings. The summed E-state index contributed by atoms with van der Waals surface area (Å²) in [6.07, 6.45) is 6.29. The molecule has 2 aromatic heterocycles. The number of hydrogen-bond donors (Lipinski definition) is 1. The van der Waals surface area contributed by atoms with Gasteiger partial charge in [0, 0.05) is 13.7 Å². The Labute approximate surface area is 124 Å². The molecule has 2 heterocycles. The van der Waals surface area contributed by atoms with Gasteiger partial charge >= 0.3 is 0 Å². The Kier molecular flexibility index (Phi) is 6.21. The van der Waals surface area contributed by atoms with Crippen LogP contribution in [0.2, 0.25) is 0 Å². The standard InChI is InChI=1S/C15H23N3OS/c1-3-4-5-6-7-9-19-11-13-17-14(16-2)12-8-10-20-15(12)18-13/h8,10H,3-7,9,11H2,1-2H3,(H,16,17,18). The van der Waals surface area contributed by atoms with Gasteiger partial charge in [-0.3, -0.25) is 0 Å². The molecule has 0 amide bonds. The largest absolute Gasteiger partial charge is 0.373 e. The van der Waals surface area contributed by atoms with Crippen molar-refractivity contribution in [1.82, 2.24) is 9.97 Å². The van der Waals surface area contributed by atoms with Gasteiger partial charge in [0.25, 0.3) is 0 Å². The van der Waals surface area contributed by atoms with Crippen LogP contribution in [0.5, 0.6) is 0 Å². The van der Waals surface area contributed by atoms with E-state index in [9.17, 15) is 0 Å². The maximum atomic E-state index is 5.68. The lowest BCUT2D eigenvalue weighted by atomic mass is 10.2. The summed E-state index contributed by atoms with van der Waals surface area (Å²) in [6.45, 7) is 3.52. The smallest absolute Gasteiger partial charge is 0.158 e. The summed E-state index contributed by atoms with van der Waals surface area (Å²) >= 11 is 1.64. The fraction of sp³-hybridized carbons (Fsp3) is 0.600. The molecule has 0 saturated heterocycles. The number of unbranched alkanes of at least 4 members (excludes halogenated alkanes) is 4. The molecular formula is C15H23N3OS. The van der Waals surface area contributed by atoms with Crippen LogP contribution in [-0.4, -0.2) is 23.6 Å². The van der Waals surface area contributed by atoms with Crippen molar-refractivity contribution in [2.24, 2.45) is 0 Å². The van der Waals surface area contributed by atoms with Crippen LogP contribution >= 0.6 is 11.3 Å². The highest BCUT2D eigenvalue weighted by Crippen LogP contribution is 2.24. The van der Waals surface area contributed by atoms with Crippen molar-refractivity contribution in [3.63, 3.8) is 0 Å². The first-order chi connectivity index (χ1) is 9.85. The second kappa shape index (κ2) is 8.17. The number of anilines is 1. The van der Waals surface area contributed by atoms with Gasteiger partial charge < -0.3 is 10.1 Å². The Hall–Kier alpha value is -1.20. The van der Waals surface area contributed by atoms with Crippen molar-refractivity contribution in [3.05, 3.63) is 17.3 Å². The number of ether oxygens (including phenoxy) is 1. The van der Waals surface area contributed by atoms with E-state index in [0.717, 1.165) is 34.9 Å². The summed E-state index contributed by atoms with van der Waals surface area (Å²) in [5, 5.41) is 6.25. The lowest BCUT2D eigenvalue weighted by Crippen LogP contribution is -2.03. The predicted molar refractivity (Wildman–Crippen MR) is 85.4 cm³/mol. The van der Waals surface area contributed by atoms with Crippen molar-refractivity contribution in [2.75, 3.05) is 19.0 Å². The van der Waals surface area contributed by atoms with Gasteiger partial charge in [-0.25, -0.2) is 9.97 Å². The lowest BCUT2D eigenvalue weighted by Gasteiger charge is -2.06. The van der Waals surface area contributed by atoms with Crippen molar-refractivity contribution < 1.29 is 4.74 Å². The molecule has 0 aliphatic rings. The van der Waals surface area contributed by atoms with E-state index in [-0.39, 0.29) is 0 Å². The van der Waals surface area contributed by atoms with Gasteiger partial charge in [0.05, 0.1) is 5.39 Å². The van der Waals surface area contributed by atoms with Gasteiger partial charge in [-0.05, 0) is 17.9 Å². The van der Waals surface area contributed by atoms with Gasteiger partial charge in [-0.1, -0.05) is 32.6 Å². The molecule has 0 bridgehead atoms. The molecule has 0 aliphatic heterocycles. The normalized spacial score (nSPS) is 11.1. The Balaban J connectivity index is 1.81. The second-order valence-corrected chi connectivity index (χ2v) is 5.74. The molecule has 4 nitrogen and oxygen atoms in total. The fourth-order valence-electron chi connectivity index (χ4n) is 2.13. The molecule has 0 aromatic carbocycles. The first-order valence-corrected chi connectivity index (χ1v) is 8.22. The molecule has 0 radical (unpaired) electrons. The van der Waals surface area contributed by atoms with Crippen LogP contribution < -0.4 is 5.32 Å². The van der Waals surface area contributed by atoms with E-state index in [1.54, 1.807) is 11.3 Å². The summed E-state index contributed by atoms with van der Waals surface area (Å²) in [5.41, 5.74) is 0. The molecule has 0 saturated carbocycles. The van der Waals surface area contributed by atoms with Gasteiger partial charge in [0.15, 0.2) is 5.82 Å². The quantitative estimate of drug-likeness (QED) is 0.703. The van der Waals surface area contributed by atoms with Crippen molar-refractivity contribution in [2.45, 2.75) is 45.6 Å². The Morgan fingerprint density at radius 1 is 1.20 bits per heavy atom. The number of aromatic nitrogens is 2. The van der Waals surface area contributed by atoms with Crippen LogP contribution in [0, 0.1) is 0 Å². The third-order valence-electron chi connectivity index (χ3n) is 3.23. The molecule has 2 rings (SSSR count). The van der Waals surface area contributed by atoms with E-state index < -0.39 is 0 Å². The monoisotopic (exact) mass is 293 g/mol. The highest BCUT2D eigenvalue weighted by atomic mass is 32.1. The first-order valence-electron chi connectivity index (χ1n) is 7.34. The van der Waals surface area contributed by atoms with E-state index in [2.05, 4.69) is 22.2 Å². The van der Waals surface area contributed by atoms with E-state index in [0.29, 0.717) is 6.61 Å². The number of fused-ring (bicyclic) bond motifs is 1. The molecular weight excluding hydrogens is 270 g/mol. The molecule has 0 atom stereocenters. The zero-order chi connectivity index (χ0) is 14.2. The maximum Gasteiger partial charge on any atom is 0.158 e. The summed E-state index contributed by atoms with van der Waals surface area (Å²) in [5.74, 6) is 1.65. The second-order valence-electron chi connectivity index (χ2n) is 4.84. The Morgan fingerprint density at radius 2 is 2.05 bits per heavy atom. The van der Waals surface area contributed by atoms with Gasteiger partial charge in [-0.2, -0.15) is 0 Å². The average Bonchev–Trinajstić information content (AvgIpc) is 2.93. The molecule has 5 heteroatoms. The predicted octanol–water partition coefficient (Wildman–Crippen LogP) is 4.22. The molecule has 0 aliphatic carbocycles. The average molecular weight is 293 g/mol. The highest BCUT2D eigenvalue weighted by Gasteiger charge is 2.07. The SMILES string of the molecule is CCCCCCCOCc1nc(NC)c2ccsc2n1. The van der Waals surface area contributed by atoms with E-state index in [1.807, 2.05) is 18.5 Å². The van der Waals surface area contributed by atoms with Gasteiger partial charge in [0.1, 0.15) is 17.3 Å². The molecule has 2 aromatic rings. The number of rotatable bonds is 9. The van der Waals surface area contributed by atoms with E-state index >= 15 is 0 Å². The van der Waals surface area contributed by atoms with Gasteiger partial charge in [-0.15, -0.1) is 11.3 Å². The topological polar surface area (TPSA) is 47.0 Å². The van der Waals surface area contributed by atoms with Crippen molar-refractivity contribution in [3.8, 4) is 0 Å². The minimum absolute atomic E-state index is 0.496. The third-order valence-corrected chi connectivity index (χ3v) is 4.04.